The van der Waals surface area contributed by atoms with E-state index in [1.54, 1.807) is 48.8 Å². The number of phenolic OH excluding ortho intramolecular Hbond substituents is 2. The van der Waals surface area contributed by atoms with Crippen molar-refractivity contribution in [3.8, 4) is 34.5 Å². The van der Waals surface area contributed by atoms with Crippen molar-refractivity contribution in [1.82, 2.24) is 0 Å². The zero-order chi connectivity index (χ0) is 49.9. The Hall–Kier alpha value is -6.68. The predicted molar refractivity (Wildman–Crippen MR) is 289 cm³/mol. The fourth-order valence-electron chi connectivity index (χ4n) is 8.37. The van der Waals surface area contributed by atoms with E-state index < -0.39 is 11.9 Å². The van der Waals surface area contributed by atoms with Crippen molar-refractivity contribution in [3.63, 3.8) is 0 Å². The Balaban J connectivity index is 0.803. The van der Waals surface area contributed by atoms with Gasteiger partial charge in [-0.3, -0.25) is 9.98 Å². The van der Waals surface area contributed by atoms with Crippen LogP contribution in [-0.2, 0) is 0 Å². The average Bonchev–Trinajstić information content (AvgIpc) is 3.37. The van der Waals surface area contributed by atoms with E-state index in [-0.39, 0.29) is 23.0 Å². The first-order valence-corrected chi connectivity index (χ1v) is 26.2. The van der Waals surface area contributed by atoms with Crippen LogP contribution < -0.4 is 18.9 Å². The normalized spacial score (nSPS) is 11.5. The third-order valence-corrected chi connectivity index (χ3v) is 12.6. The summed E-state index contributed by atoms with van der Waals surface area (Å²) >= 11 is 0. The van der Waals surface area contributed by atoms with Gasteiger partial charge in [0.2, 0.25) is 0 Å². The Bertz CT molecular complexity index is 2480. The number of nitrogens with zero attached hydrogens (tertiary/aromatic N) is 2. The van der Waals surface area contributed by atoms with Gasteiger partial charge in [-0.2, -0.15) is 0 Å². The number of unbranched alkanes of at least 4 members (excludes halogenated alkanes) is 16. The Labute approximate surface area is 421 Å². The third kappa shape index (κ3) is 18.5. The summed E-state index contributed by atoms with van der Waals surface area (Å²) in [7, 11) is 0. The summed E-state index contributed by atoms with van der Waals surface area (Å²) in [5.41, 5.74) is 1.98. The van der Waals surface area contributed by atoms with Gasteiger partial charge < -0.3 is 29.2 Å². The second-order valence-corrected chi connectivity index (χ2v) is 18.4. The van der Waals surface area contributed by atoms with Gasteiger partial charge in [-0.25, -0.2) is 9.59 Å². The monoisotopic (exact) mass is 963 g/mol. The summed E-state index contributed by atoms with van der Waals surface area (Å²) in [4.78, 5) is 35.0. The van der Waals surface area contributed by atoms with Gasteiger partial charge in [0.1, 0.15) is 34.5 Å². The number of aliphatic imine (C=N–C) groups is 2. The molecule has 6 rings (SSSR count). The molecule has 0 atom stereocenters. The molecule has 0 saturated carbocycles. The summed E-state index contributed by atoms with van der Waals surface area (Å²) < 4.78 is 23.1. The van der Waals surface area contributed by atoms with E-state index >= 15 is 0 Å². The lowest BCUT2D eigenvalue weighted by Gasteiger charge is -2.09. The quantitative estimate of drug-likeness (QED) is 0.0185. The number of rotatable bonds is 32. The van der Waals surface area contributed by atoms with E-state index in [1.807, 2.05) is 60.7 Å². The molecule has 376 valence electrons. The molecule has 2 N–H and O–H groups in total. The molecule has 10 heteroatoms. The molecular formula is C61H74N2O8. The van der Waals surface area contributed by atoms with Crippen molar-refractivity contribution in [2.24, 2.45) is 9.98 Å². The number of fused-ring (bicyclic) bond motifs is 2. The van der Waals surface area contributed by atoms with E-state index in [0.717, 1.165) is 90.8 Å². The summed E-state index contributed by atoms with van der Waals surface area (Å²) in [6.07, 6.45) is 25.4. The van der Waals surface area contributed by atoms with E-state index in [9.17, 15) is 19.8 Å². The maximum Gasteiger partial charge on any atom is 0.343 e. The second-order valence-electron chi connectivity index (χ2n) is 18.4. The Morgan fingerprint density at radius 1 is 0.408 bits per heavy atom. The standard InChI is InChI=1S/C61H74N2O8/c1-3-5-7-9-16-20-36-68-54-30-26-46-38-50(24-22-48(46)40-54)60(66)70-56-32-28-52(58(64)42-56)44-62-34-18-14-12-11-13-15-19-35-63-45-53-29-33-57(43-59(53)65)71-61(67)51-25-23-49-41-55(31-27-47(49)39-51)69-37-21-17-10-8-6-4-2/h22-33,38-45,64-65H,3-21,34-37H2,1-2H3. The van der Waals surface area contributed by atoms with Gasteiger partial charge in [0.15, 0.2) is 0 Å². The first-order valence-electron chi connectivity index (χ1n) is 26.2. The zero-order valence-corrected chi connectivity index (χ0v) is 42.0. The van der Waals surface area contributed by atoms with Gasteiger partial charge in [-0.05, 0) is 120 Å². The molecule has 0 fully saturated rings. The fourth-order valence-corrected chi connectivity index (χ4v) is 8.37. The van der Waals surface area contributed by atoms with Crippen LogP contribution in [0.15, 0.2) is 119 Å². The molecule has 0 unspecified atom stereocenters. The predicted octanol–water partition coefficient (Wildman–Crippen LogP) is 15.6. The molecule has 0 aliphatic rings. The minimum atomic E-state index is -0.497. The number of carbonyl (C=O) groups is 2. The molecule has 0 amide bonds. The lowest BCUT2D eigenvalue weighted by Crippen LogP contribution is -2.08. The molecule has 6 aromatic rings. The minimum absolute atomic E-state index is 0.0000781. The van der Waals surface area contributed by atoms with Crippen molar-refractivity contribution >= 4 is 45.9 Å². The molecule has 0 bridgehead atoms. The maximum atomic E-state index is 13.0. The van der Waals surface area contributed by atoms with E-state index in [0.29, 0.717) is 48.6 Å². The van der Waals surface area contributed by atoms with Crippen LogP contribution in [0.25, 0.3) is 21.5 Å². The Morgan fingerprint density at radius 2 is 0.761 bits per heavy atom. The fraction of sp³-hybridized carbons (Fsp3) is 0.410. The largest absolute Gasteiger partial charge is 0.507 e. The summed E-state index contributed by atoms with van der Waals surface area (Å²) in [6, 6.07) is 32.3. The number of aromatic hydroxyl groups is 2. The highest BCUT2D eigenvalue weighted by molar-refractivity contribution is 5.98. The van der Waals surface area contributed by atoms with Gasteiger partial charge in [0.25, 0.3) is 0 Å². The smallest absolute Gasteiger partial charge is 0.343 e. The number of benzene rings is 6. The molecular weight excluding hydrogens is 889 g/mol. The van der Waals surface area contributed by atoms with Gasteiger partial charge in [-0.1, -0.05) is 134 Å². The van der Waals surface area contributed by atoms with E-state index in [4.69, 9.17) is 18.9 Å². The zero-order valence-electron chi connectivity index (χ0n) is 42.0. The van der Waals surface area contributed by atoms with Gasteiger partial charge in [0, 0.05) is 48.8 Å². The summed E-state index contributed by atoms with van der Waals surface area (Å²) in [6.45, 7) is 7.18. The van der Waals surface area contributed by atoms with Crippen molar-refractivity contribution in [2.45, 2.75) is 136 Å². The van der Waals surface area contributed by atoms with E-state index in [1.165, 1.54) is 76.3 Å². The van der Waals surface area contributed by atoms with Gasteiger partial charge in [0.05, 0.1) is 24.3 Å². The topological polar surface area (TPSA) is 136 Å². The minimum Gasteiger partial charge on any atom is -0.507 e. The van der Waals surface area contributed by atoms with Crippen molar-refractivity contribution in [1.29, 1.82) is 0 Å². The first kappa shape index (κ1) is 53.7. The molecule has 10 nitrogen and oxygen atoms in total. The lowest BCUT2D eigenvalue weighted by atomic mass is 10.1. The molecule has 0 radical (unpaired) electrons. The third-order valence-electron chi connectivity index (χ3n) is 12.6. The number of hydrogen-bond donors (Lipinski definition) is 2. The molecule has 0 heterocycles. The number of carbonyl (C=O) groups excluding carboxylic acids is 2. The van der Waals surface area contributed by atoms with Crippen molar-refractivity contribution in [2.75, 3.05) is 26.3 Å². The van der Waals surface area contributed by atoms with Crippen molar-refractivity contribution in [3.05, 3.63) is 131 Å². The second kappa shape index (κ2) is 30.1. The lowest BCUT2D eigenvalue weighted by molar-refractivity contribution is 0.0725. The molecule has 0 aliphatic heterocycles. The molecule has 6 aromatic carbocycles. The summed E-state index contributed by atoms with van der Waals surface area (Å²) in [5.74, 6) is 1.18. The van der Waals surface area contributed by atoms with Crippen LogP contribution in [0.1, 0.15) is 168 Å². The molecule has 0 saturated heterocycles. The van der Waals surface area contributed by atoms with Gasteiger partial charge in [-0.15, -0.1) is 0 Å². The maximum absolute atomic E-state index is 13.0. The Kier molecular flexibility index (Phi) is 22.8. The first-order chi connectivity index (χ1) is 34.8. The van der Waals surface area contributed by atoms with Crippen LogP contribution in [0.4, 0.5) is 0 Å². The summed E-state index contributed by atoms with van der Waals surface area (Å²) in [5, 5.41) is 25.0. The molecule has 0 aliphatic carbocycles. The van der Waals surface area contributed by atoms with Crippen LogP contribution in [0.5, 0.6) is 34.5 Å². The number of hydrogen-bond acceptors (Lipinski definition) is 10. The van der Waals surface area contributed by atoms with Crippen molar-refractivity contribution < 1.29 is 38.7 Å². The Morgan fingerprint density at radius 3 is 1.17 bits per heavy atom. The van der Waals surface area contributed by atoms with E-state index in [2.05, 4.69) is 23.8 Å². The number of esters is 2. The highest BCUT2D eigenvalue weighted by Gasteiger charge is 2.14. The number of ether oxygens (including phenoxy) is 4. The highest BCUT2D eigenvalue weighted by Crippen LogP contribution is 2.28. The van der Waals surface area contributed by atoms with Crippen LogP contribution in [0.3, 0.4) is 0 Å². The van der Waals surface area contributed by atoms with Crippen LogP contribution >= 0.6 is 0 Å². The SMILES string of the molecule is CCCCCCCCOc1ccc2cc(C(=O)Oc3ccc(C=NCCCCCCCCCN=Cc4ccc(OC(=O)c5ccc6cc(OCCCCCCCC)ccc6c5)cc4O)c(O)c3)ccc2c1. The van der Waals surface area contributed by atoms with Crippen LogP contribution in [0.2, 0.25) is 0 Å². The number of phenols is 2. The van der Waals surface area contributed by atoms with Crippen LogP contribution in [0, 0.1) is 0 Å². The molecule has 71 heavy (non-hydrogen) atoms. The average molecular weight is 963 g/mol. The van der Waals surface area contributed by atoms with Gasteiger partial charge >= 0.3 is 11.9 Å². The highest BCUT2D eigenvalue weighted by atomic mass is 16.5. The molecule has 0 aromatic heterocycles. The van der Waals surface area contributed by atoms with Crippen LogP contribution in [-0.4, -0.2) is 60.9 Å². The molecule has 0 spiro atoms.